The smallest absolute Gasteiger partial charge is 0.0644 e. The molecule has 0 amide bonds. The van der Waals surface area contributed by atoms with Gasteiger partial charge in [-0.1, -0.05) is 6.92 Å². The van der Waals surface area contributed by atoms with Crippen molar-refractivity contribution >= 4 is 0 Å². The van der Waals surface area contributed by atoms with Gasteiger partial charge in [-0.25, -0.2) is 0 Å². The highest BCUT2D eigenvalue weighted by atomic mass is 15.3. The molecule has 0 bridgehead atoms. The summed E-state index contributed by atoms with van der Waals surface area (Å²) in [6, 6.07) is 1.15. The van der Waals surface area contributed by atoms with Crippen LogP contribution in [0.4, 0.5) is 0 Å². The first-order chi connectivity index (χ1) is 7.54. The Balaban J connectivity index is 2.15. The molecule has 3 heteroatoms. The molecule has 1 saturated carbocycles. The van der Waals surface area contributed by atoms with Crippen LogP contribution in [-0.4, -0.2) is 15.8 Å². The molecule has 1 aliphatic rings. The van der Waals surface area contributed by atoms with Crippen molar-refractivity contribution in [2.75, 3.05) is 0 Å². The number of hydrogen-bond acceptors (Lipinski definition) is 2. The molecule has 90 valence electrons. The Morgan fingerprint density at radius 3 is 2.56 bits per heavy atom. The normalized spacial score (nSPS) is 25.8. The molecule has 0 aliphatic heterocycles. The number of aromatic nitrogens is 2. The van der Waals surface area contributed by atoms with Crippen LogP contribution < -0.4 is 5.32 Å². The predicted molar refractivity (Wildman–Crippen MR) is 66.5 cm³/mol. The Morgan fingerprint density at radius 2 is 2.12 bits per heavy atom. The first kappa shape index (κ1) is 11.6. The van der Waals surface area contributed by atoms with Gasteiger partial charge in [-0.15, -0.1) is 0 Å². The Morgan fingerprint density at radius 1 is 1.50 bits per heavy atom. The van der Waals surface area contributed by atoms with Gasteiger partial charge in [0.15, 0.2) is 0 Å². The summed E-state index contributed by atoms with van der Waals surface area (Å²) in [5, 5.41) is 8.26. The van der Waals surface area contributed by atoms with E-state index in [1.165, 1.54) is 23.4 Å². The molecule has 16 heavy (non-hydrogen) atoms. The van der Waals surface area contributed by atoms with Crippen molar-refractivity contribution < 1.29 is 0 Å². The van der Waals surface area contributed by atoms with Crippen molar-refractivity contribution in [1.29, 1.82) is 0 Å². The van der Waals surface area contributed by atoms with E-state index in [9.17, 15) is 0 Å². The minimum absolute atomic E-state index is 0.426. The van der Waals surface area contributed by atoms with E-state index in [-0.39, 0.29) is 0 Å². The molecule has 3 atom stereocenters. The zero-order chi connectivity index (χ0) is 11.9. The molecule has 2 rings (SSSR count). The summed E-state index contributed by atoms with van der Waals surface area (Å²) in [4.78, 5) is 0. The molecular formula is C13H23N3. The number of rotatable bonds is 4. The molecule has 1 aromatic heterocycles. The summed E-state index contributed by atoms with van der Waals surface area (Å²) in [7, 11) is 0. The third-order valence-electron chi connectivity index (χ3n) is 3.74. The van der Waals surface area contributed by atoms with E-state index < -0.39 is 0 Å². The number of nitrogens with zero attached hydrogens (tertiary/aromatic N) is 2. The lowest BCUT2D eigenvalue weighted by Gasteiger charge is -2.14. The first-order valence-corrected chi connectivity index (χ1v) is 6.34. The summed E-state index contributed by atoms with van der Waals surface area (Å²) in [5.41, 5.74) is 3.88. The molecule has 1 fully saturated rings. The van der Waals surface area contributed by atoms with E-state index in [1.807, 2.05) is 0 Å². The van der Waals surface area contributed by atoms with Crippen LogP contribution in [0.3, 0.4) is 0 Å². The molecule has 1 N–H and O–H groups in total. The zero-order valence-electron chi connectivity index (χ0n) is 11.0. The SMILES string of the molecule is CCn1nc(C)c(C(C)NC2CC2C)c1C. The molecule has 1 heterocycles. The lowest BCUT2D eigenvalue weighted by atomic mass is 10.1. The maximum Gasteiger partial charge on any atom is 0.0644 e. The third kappa shape index (κ3) is 2.01. The Hall–Kier alpha value is -0.830. The van der Waals surface area contributed by atoms with Crippen molar-refractivity contribution in [3.8, 4) is 0 Å². The van der Waals surface area contributed by atoms with Crippen molar-refractivity contribution in [2.24, 2.45) is 5.92 Å². The van der Waals surface area contributed by atoms with Crippen LogP contribution in [0.25, 0.3) is 0 Å². The highest BCUT2D eigenvalue weighted by Gasteiger charge is 2.34. The van der Waals surface area contributed by atoms with Crippen LogP contribution in [0.15, 0.2) is 0 Å². The summed E-state index contributed by atoms with van der Waals surface area (Å²) < 4.78 is 2.10. The molecule has 3 unspecified atom stereocenters. The summed E-state index contributed by atoms with van der Waals surface area (Å²) in [6.45, 7) is 11.9. The maximum absolute atomic E-state index is 4.57. The van der Waals surface area contributed by atoms with E-state index in [1.54, 1.807) is 0 Å². The maximum atomic E-state index is 4.57. The molecule has 0 saturated heterocycles. The molecule has 0 radical (unpaired) electrons. The van der Waals surface area contributed by atoms with E-state index >= 15 is 0 Å². The Labute approximate surface area is 98.2 Å². The average Bonchev–Trinajstić information content (AvgIpc) is 2.81. The van der Waals surface area contributed by atoms with Crippen molar-refractivity contribution in [2.45, 2.75) is 59.7 Å². The molecule has 0 aromatic carbocycles. The molecule has 1 aliphatic carbocycles. The lowest BCUT2D eigenvalue weighted by Crippen LogP contribution is -2.23. The lowest BCUT2D eigenvalue weighted by molar-refractivity contribution is 0.545. The fraction of sp³-hybridized carbons (Fsp3) is 0.769. The number of hydrogen-bond donors (Lipinski definition) is 1. The highest BCUT2D eigenvalue weighted by molar-refractivity contribution is 5.28. The fourth-order valence-electron chi connectivity index (χ4n) is 2.60. The van der Waals surface area contributed by atoms with Gasteiger partial charge in [-0.2, -0.15) is 5.10 Å². The molecule has 0 spiro atoms. The van der Waals surface area contributed by atoms with E-state index in [0.717, 1.165) is 18.5 Å². The van der Waals surface area contributed by atoms with Gasteiger partial charge < -0.3 is 5.32 Å². The topological polar surface area (TPSA) is 29.9 Å². The van der Waals surface area contributed by atoms with Gasteiger partial charge in [0, 0.05) is 29.9 Å². The van der Waals surface area contributed by atoms with E-state index in [4.69, 9.17) is 0 Å². The number of aryl methyl sites for hydroxylation is 2. The summed E-state index contributed by atoms with van der Waals surface area (Å²) >= 11 is 0. The Kier molecular flexibility index (Phi) is 3.06. The Bertz CT molecular complexity index is 381. The minimum atomic E-state index is 0.426. The third-order valence-corrected chi connectivity index (χ3v) is 3.74. The standard InChI is InChI=1S/C13H23N3/c1-6-16-11(5)13(10(4)15-16)9(3)14-12-7-8(12)2/h8-9,12,14H,6-7H2,1-5H3. The van der Waals surface area contributed by atoms with Gasteiger partial charge in [0.05, 0.1) is 5.69 Å². The molecular weight excluding hydrogens is 198 g/mol. The summed E-state index contributed by atoms with van der Waals surface area (Å²) in [5.74, 6) is 0.851. The number of nitrogens with one attached hydrogen (secondary N) is 1. The van der Waals surface area contributed by atoms with Gasteiger partial charge in [-0.05, 0) is 40.0 Å². The van der Waals surface area contributed by atoms with Gasteiger partial charge in [0.1, 0.15) is 0 Å². The van der Waals surface area contributed by atoms with E-state index in [0.29, 0.717) is 6.04 Å². The highest BCUT2D eigenvalue weighted by Crippen LogP contribution is 2.32. The largest absolute Gasteiger partial charge is 0.307 e. The monoisotopic (exact) mass is 221 g/mol. The van der Waals surface area contributed by atoms with Crippen LogP contribution in [0.2, 0.25) is 0 Å². The average molecular weight is 221 g/mol. The van der Waals surface area contributed by atoms with Gasteiger partial charge >= 0.3 is 0 Å². The summed E-state index contributed by atoms with van der Waals surface area (Å²) in [6.07, 6.45) is 1.32. The van der Waals surface area contributed by atoms with Crippen LogP contribution >= 0.6 is 0 Å². The van der Waals surface area contributed by atoms with Crippen LogP contribution in [0.5, 0.6) is 0 Å². The van der Waals surface area contributed by atoms with Crippen LogP contribution in [0.1, 0.15) is 50.2 Å². The van der Waals surface area contributed by atoms with E-state index in [2.05, 4.69) is 49.7 Å². The van der Waals surface area contributed by atoms with Gasteiger partial charge in [0.25, 0.3) is 0 Å². The van der Waals surface area contributed by atoms with Crippen molar-refractivity contribution in [1.82, 2.24) is 15.1 Å². The fourth-order valence-corrected chi connectivity index (χ4v) is 2.60. The second-order valence-corrected chi connectivity index (χ2v) is 5.11. The van der Waals surface area contributed by atoms with Crippen LogP contribution in [0, 0.1) is 19.8 Å². The van der Waals surface area contributed by atoms with Gasteiger partial charge in [-0.3, -0.25) is 4.68 Å². The molecule has 1 aromatic rings. The first-order valence-electron chi connectivity index (χ1n) is 6.34. The molecule has 3 nitrogen and oxygen atoms in total. The second kappa shape index (κ2) is 4.21. The van der Waals surface area contributed by atoms with Crippen molar-refractivity contribution in [3.63, 3.8) is 0 Å². The minimum Gasteiger partial charge on any atom is -0.307 e. The predicted octanol–water partition coefficient (Wildman–Crippen LogP) is 2.58. The second-order valence-electron chi connectivity index (χ2n) is 5.11. The van der Waals surface area contributed by atoms with Crippen LogP contribution in [-0.2, 0) is 6.54 Å². The van der Waals surface area contributed by atoms with Crippen molar-refractivity contribution in [3.05, 3.63) is 17.0 Å². The van der Waals surface area contributed by atoms with Gasteiger partial charge in [0.2, 0.25) is 0 Å². The quantitative estimate of drug-likeness (QED) is 0.847. The zero-order valence-corrected chi connectivity index (χ0v) is 11.0.